The molecule has 0 fully saturated rings. The lowest BCUT2D eigenvalue weighted by Gasteiger charge is -2.02. The van der Waals surface area contributed by atoms with Gasteiger partial charge >= 0.3 is 5.97 Å². The quantitative estimate of drug-likeness (QED) is 0.607. The SMILES string of the molecule is CC(=O)O.CC(=O)Oc1cc2c(=O)n(C)sc2cc1O. The van der Waals surface area contributed by atoms with E-state index in [1.165, 1.54) is 34.5 Å². The van der Waals surface area contributed by atoms with Crippen molar-refractivity contribution in [3.63, 3.8) is 0 Å². The lowest BCUT2D eigenvalue weighted by Crippen LogP contribution is -2.08. The van der Waals surface area contributed by atoms with E-state index in [1.807, 2.05) is 0 Å². The number of carbonyl (C=O) groups is 2. The van der Waals surface area contributed by atoms with Gasteiger partial charge in [0.05, 0.1) is 10.1 Å². The number of benzene rings is 1. The van der Waals surface area contributed by atoms with E-state index in [1.54, 1.807) is 7.05 Å². The topological polar surface area (TPSA) is 106 Å². The monoisotopic (exact) mass is 299 g/mol. The molecule has 0 aliphatic heterocycles. The van der Waals surface area contributed by atoms with Crippen LogP contribution in [-0.2, 0) is 16.6 Å². The van der Waals surface area contributed by atoms with Crippen LogP contribution in [0.5, 0.6) is 11.5 Å². The lowest BCUT2D eigenvalue weighted by molar-refractivity contribution is -0.134. The maximum atomic E-state index is 11.6. The fourth-order valence-electron chi connectivity index (χ4n) is 1.39. The number of aliphatic carboxylic acids is 1. The number of fused-ring (bicyclic) bond motifs is 1. The van der Waals surface area contributed by atoms with Gasteiger partial charge in [-0.1, -0.05) is 11.5 Å². The number of aryl methyl sites for hydroxylation is 1. The molecule has 1 heterocycles. The number of phenols is 1. The predicted molar refractivity (Wildman–Crippen MR) is 73.3 cm³/mol. The fourth-order valence-corrected chi connectivity index (χ4v) is 2.27. The zero-order valence-electron chi connectivity index (χ0n) is 11.0. The van der Waals surface area contributed by atoms with E-state index in [0.29, 0.717) is 10.1 Å². The van der Waals surface area contributed by atoms with Gasteiger partial charge in [0.2, 0.25) is 0 Å². The minimum absolute atomic E-state index is 0.00972. The van der Waals surface area contributed by atoms with Gasteiger partial charge in [-0.25, -0.2) is 0 Å². The number of rotatable bonds is 1. The van der Waals surface area contributed by atoms with Crippen molar-refractivity contribution in [2.24, 2.45) is 7.05 Å². The summed E-state index contributed by atoms with van der Waals surface area (Å²) in [7, 11) is 1.63. The van der Waals surface area contributed by atoms with Crippen molar-refractivity contribution in [1.82, 2.24) is 3.96 Å². The summed E-state index contributed by atoms with van der Waals surface area (Å²) < 4.78 is 6.88. The molecule has 0 aliphatic carbocycles. The molecule has 0 atom stereocenters. The van der Waals surface area contributed by atoms with Crippen LogP contribution in [0.3, 0.4) is 0 Å². The molecule has 7 nitrogen and oxygen atoms in total. The second kappa shape index (κ2) is 6.20. The van der Waals surface area contributed by atoms with Crippen LogP contribution in [0.4, 0.5) is 0 Å². The number of carbonyl (C=O) groups excluding carboxylic acids is 1. The average Bonchev–Trinajstić information content (AvgIpc) is 2.54. The summed E-state index contributed by atoms with van der Waals surface area (Å²) in [4.78, 5) is 31.4. The highest BCUT2D eigenvalue weighted by atomic mass is 32.1. The number of esters is 1. The highest BCUT2D eigenvalue weighted by Crippen LogP contribution is 2.32. The van der Waals surface area contributed by atoms with Crippen molar-refractivity contribution >= 4 is 33.6 Å². The Balaban J connectivity index is 0.000000444. The molecule has 0 spiro atoms. The van der Waals surface area contributed by atoms with E-state index in [-0.39, 0.29) is 17.1 Å². The van der Waals surface area contributed by atoms with E-state index in [4.69, 9.17) is 14.6 Å². The Morgan fingerprint density at radius 3 is 2.35 bits per heavy atom. The van der Waals surface area contributed by atoms with Crippen molar-refractivity contribution in [2.45, 2.75) is 13.8 Å². The highest BCUT2D eigenvalue weighted by Gasteiger charge is 2.12. The van der Waals surface area contributed by atoms with Crippen molar-refractivity contribution in [1.29, 1.82) is 0 Å². The molecular formula is C12H13NO6S. The first-order valence-electron chi connectivity index (χ1n) is 5.43. The Bertz CT molecular complexity index is 711. The summed E-state index contributed by atoms with van der Waals surface area (Å²) in [5, 5.41) is 17.4. The summed E-state index contributed by atoms with van der Waals surface area (Å²) in [6.45, 7) is 2.31. The third kappa shape index (κ3) is 3.82. The number of carboxylic acid groups (broad SMARTS) is 1. The smallest absolute Gasteiger partial charge is 0.308 e. The minimum Gasteiger partial charge on any atom is -0.504 e. The molecule has 0 radical (unpaired) electrons. The summed E-state index contributed by atoms with van der Waals surface area (Å²) in [6.07, 6.45) is 0. The third-order valence-corrected chi connectivity index (χ3v) is 3.04. The van der Waals surface area contributed by atoms with Gasteiger partial charge in [-0.15, -0.1) is 0 Å². The zero-order valence-corrected chi connectivity index (χ0v) is 11.9. The molecule has 2 aromatic rings. The zero-order chi connectivity index (χ0) is 15.4. The highest BCUT2D eigenvalue weighted by molar-refractivity contribution is 7.13. The summed E-state index contributed by atoms with van der Waals surface area (Å²) in [5.74, 6) is -1.51. The van der Waals surface area contributed by atoms with Crippen molar-refractivity contribution < 1.29 is 24.5 Å². The number of phenolic OH excluding ortho intramolecular Hbond substituents is 1. The maximum absolute atomic E-state index is 11.6. The lowest BCUT2D eigenvalue weighted by atomic mass is 10.2. The number of hydrogen-bond donors (Lipinski definition) is 2. The van der Waals surface area contributed by atoms with Crippen LogP contribution < -0.4 is 10.3 Å². The van der Waals surface area contributed by atoms with Gasteiger partial charge in [-0.3, -0.25) is 18.3 Å². The number of hydrogen-bond acceptors (Lipinski definition) is 6. The molecule has 0 unspecified atom stereocenters. The molecule has 108 valence electrons. The van der Waals surface area contributed by atoms with Crippen LogP contribution in [0, 0.1) is 0 Å². The molecule has 2 N–H and O–H groups in total. The van der Waals surface area contributed by atoms with Gasteiger partial charge in [-0.05, 0) is 6.07 Å². The van der Waals surface area contributed by atoms with Crippen molar-refractivity contribution in [3.8, 4) is 11.5 Å². The van der Waals surface area contributed by atoms with Crippen molar-refractivity contribution in [3.05, 3.63) is 22.5 Å². The van der Waals surface area contributed by atoms with E-state index < -0.39 is 11.9 Å². The van der Waals surface area contributed by atoms with Crippen LogP contribution in [-0.4, -0.2) is 26.1 Å². The van der Waals surface area contributed by atoms with Gasteiger partial charge < -0.3 is 14.9 Å². The third-order valence-electron chi connectivity index (χ3n) is 2.07. The largest absolute Gasteiger partial charge is 0.504 e. The maximum Gasteiger partial charge on any atom is 0.308 e. The molecular weight excluding hydrogens is 286 g/mol. The molecule has 0 bridgehead atoms. The second-order valence-electron chi connectivity index (χ2n) is 3.82. The first kappa shape index (κ1) is 15.7. The van der Waals surface area contributed by atoms with E-state index in [9.17, 15) is 14.7 Å². The minimum atomic E-state index is -0.833. The van der Waals surface area contributed by atoms with Gasteiger partial charge in [0.1, 0.15) is 0 Å². The number of aromatic hydroxyl groups is 1. The Morgan fingerprint density at radius 1 is 1.30 bits per heavy atom. The van der Waals surface area contributed by atoms with Gasteiger partial charge in [0.15, 0.2) is 11.5 Å². The number of carboxylic acids is 1. The molecule has 0 saturated carbocycles. The van der Waals surface area contributed by atoms with Gasteiger partial charge in [0, 0.05) is 27.0 Å². The first-order valence-corrected chi connectivity index (χ1v) is 6.20. The standard InChI is InChI=1S/C10H9NO4S.C2H4O2/c1-5(12)15-8-3-6-9(4-7(8)13)16-11(2)10(6)14;1-2(3)4/h3-4,13H,1-2H3;1H3,(H,3,4). The number of aromatic nitrogens is 1. The number of ether oxygens (including phenoxy) is 1. The molecule has 0 aliphatic rings. The Kier molecular flexibility index (Phi) is 4.87. The molecule has 8 heteroatoms. The summed E-state index contributed by atoms with van der Waals surface area (Å²) >= 11 is 1.22. The van der Waals surface area contributed by atoms with Crippen LogP contribution in [0.25, 0.3) is 10.1 Å². The molecule has 0 saturated heterocycles. The van der Waals surface area contributed by atoms with Crippen LogP contribution >= 0.6 is 11.5 Å². The van der Waals surface area contributed by atoms with E-state index >= 15 is 0 Å². The van der Waals surface area contributed by atoms with Gasteiger partial charge in [0.25, 0.3) is 11.5 Å². The molecule has 0 amide bonds. The van der Waals surface area contributed by atoms with E-state index in [0.717, 1.165) is 6.92 Å². The second-order valence-corrected chi connectivity index (χ2v) is 4.99. The van der Waals surface area contributed by atoms with Crippen LogP contribution in [0.2, 0.25) is 0 Å². The molecule has 20 heavy (non-hydrogen) atoms. The van der Waals surface area contributed by atoms with Crippen LogP contribution in [0.1, 0.15) is 13.8 Å². The average molecular weight is 299 g/mol. The Morgan fingerprint density at radius 2 is 1.85 bits per heavy atom. The number of nitrogens with zero attached hydrogens (tertiary/aromatic N) is 1. The van der Waals surface area contributed by atoms with Crippen molar-refractivity contribution in [2.75, 3.05) is 0 Å². The first-order chi connectivity index (χ1) is 9.22. The fraction of sp³-hybridized carbons (Fsp3) is 0.250. The Labute approximate surface area is 117 Å². The summed E-state index contributed by atoms with van der Waals surface area (Å²) in [5.41, 5.74) is -0.173. The van der Waals surface area contributed by atoms with E-state index in [2.05, 4.69) is 0 Å². The van der Waals surface area contributed by atoms with Gasteiger partial charge in [-0.2, -0.15) is 0 Å². The van der Waals surface area contributed by atoms with Crippen LogP contribution in [0.15, 0.2) is 16.9 Å². The molecule has 1 aromatic carbocycles. The summed E-state index contributed by atoms with van der Waals surface area (Å²) in [6, 6.07) is 2.80. The molecule has 2 rings (SSSR count). The molecule has 1 aromatic heterocycles. The normalized spacial score (nSPS) is 9.75. The Hall–Kier alpha value is -2.35. The predicted octanol–water partition coefficient (Wildman–Crippen LogP) is 1.32.